The van der Waals surface area contributed by atoms with Gasteiger partial charge in [0.05, 0.1) is 17.4 Å². The van der Waals surface area contributed by atoms with Gasteiger partial charge in [0.25, 0.3) is 0 Å². The molecule has 2 atom stereocenters. The van der Waals surface area contributed by atoms with Gasteiger partial charge in [-0.1, -0.05) is 77.5 Å². The van der Waals surface area contributed by atoms with Gasteiger partial charge >= 0.3 is 0 Å². The maximum absolute atomic E-state index is 13.2. The molecule has 0 bridgehead atoms. The van der Waals surface area contributed by atoms with Gasteiger partial charge in [-0.25, -0.2) is 9.91 Å². The molecule has 1 saturated heterocycles. The Morgan fingerprint density at radius 2 is 1.69 bits per heavy atom. The number of aryl methyl sites for hydroxylation is 2. The van der Waals surface area contributed by atoms with Crippen molar-refractivity contribution < 1.29 is 9.59 Å². The highest BCUT2D eigenvalue weighted by molar-refractivity contribution is 8.14. The Kier molecular flexibility index (Phi) is 6.69. The molecule has 182 valence electrons. The largest absolute Gasteiger partial charge is 0.277 e. The normalized spacial score (nSPS) is 19.7. The highest BCUT2D eigenvalue weighted by atomic mass is 35.5. The van der Waals surface area contributed by atoms with Crippen LogP contribution in [0.2, 0.25) is 5.02 Å². The smallest absolute Gasteiger partial charge is 0.247 e. The van der Waals surface area contributed by atoms with Crippen molar-refractivity contribution in [3.05, 3.63) is 100 Å². The molecule has 1 fully saturated rings. The Balaban J connectivity index is 1.40. The SMILES string of the molecule is Cc1ccc(C2=NN(C(=N)S[C@@H]3CC(=O)N(c4cccc(C)c4)C3=O)[C@H](c3ccc(Cl)cc3)C2)cc1. The minimum Gasteiger partial charge on any atom is -0.277 e. The Labute approximate surface area is 219 Å². The van der Waals surface area contributed by atoms with Gasteiger partial charge in [-0.15, -0.1) is 0 Å². The van der Waals surface area contributed by atoms with E-state index in [0.717, 1.165) is 39.7 Å². The molecule has 2 heterocycles. The van der Waals surface area contributed by atoms with E-state index in [1.54, 1.807) is 11.1 Å². The van der Waals surface area contributed by atoms with Crippen LogP contribution in [0, 0.1) is 19.3 Å². The highest BCUT2D eigenvalue weighted by Gasteiger charge is 2.42. The molecule has 2 aliphatic heterocycles. The van der Waals surface area contributed by atoms with Crippen LogP contribution in [-0.2, 0) is 9.59 Å². The molecule has 6 nitrogen and oxygen atoms in total. The number of rotatable bonds is 4. The quantitative estimate of drug-likeness (QED) is 0.258. The Morgan fingerprint density at radius 1 is 0.972 bits per heavy atom. The molecule has 3 aromatic carbocycles. The fourth-order valence-corrected chi connectivity index (χ4v) is 5.59. The number of thioether (sulfide) groups is 1. The first-order valence-corrected chi connectivity index (χ1v) is 12.9. The average molecular weight is 517 g/mol. The maximum atomic E-state index is 13.2. The number of halogens is 1. The Hall–Kier alpha value is -3.42. The van der Waals surface area contributed by atoms with Crippen LogP contribution in [0.4, 0.5) is 5.69 Å². The van der Waals surface area contributed by atoms with E-state index in [-0.39, 0.29) is 29.4 Å². The number of hydrogen-bond donors (Lipinski definition) is 1. The predicted molar refractivity (Wildman–Crippen MR) is 146 cm³/mol. The lowest BCUT2D eigenvalue weighted by Crippen LogP contribution is -2.32. The van der Waals surface area contributed by atoms with E-state index in [1.165, 1.54) is 4.90 Å². The molecule has 8 heteroatoms. The third-order valence-electron chi connectivity index (χ3n) is 6.38. The number of hydrogen-bond acceptors (Lipinski definition) is 5. The van der Waals surface area contributed by atoms with E-state index in [4.69, 9.17) is 22.1 Å². The van der Waals surface area contributed by atoms with Crippen LogP contribution in [0.5, 0.6) is 0 Å². The van der Waals surface area contributed by atoms with Crippen molar-refractivity contribution >= 4 is 51.7 Å². The molecule has 5 rings (SSSR count). The van der Waals surface area contributed by atoms with Crippen molar-refractivity contribution in [1.82, 2.24) is 5.01 Å². The summed E-state index contributed by atoms with van der Waals surface area (Å²) in [5, 5.41) is 15.5. The number of anilines is 1. The van der Waals surface area contributed by atoms with Crippen LogP contribution in [0.25, 0.3) is 0 Å². The lowest BCUT2D eigenvalue weighted by Gasteiger charge is -2.24. The minimum atomic E-state index is -0.671. The molecule has 3 aromatic rings. The number of hydrazone groups is 1. The zero-order chi connectivity index (χ0) is 25.4. The lowest BCUT2D eigenvalue weighted by atomic mass is 9.98. The van der Waals surface area contributed by atoms with Gasteiger partial charge in [0.1, 0.15) is 5.25 Å². The molecule has 0 unspecified atom stereocenters. The monoisotopic (exact) mass is 516 g/mol. The number of carbonyl (C=O) groups is 2. The molecule has 36 heavy (non-hydrogen) atoms. The zero-order valence-corrected chi connectivity index (χ0v) is 21.5. The molecule has 2 aliphatic rings. The van der Waals surface area contributed by atoms with Gasteiger partial charge in [-0.3, -0.25) is 15.0 Å². The molecular formula is C28H25ClN4O2S. The summed E-state index contributed by atoms with van der Waals surface area (Å²) in [6, 6.07) is 22.8. The number of benzene rings is 3. The van der Waals surface area contributed by atoms with E-state index in [2.05, 4.69) is 0 Å². The molecule has 0 radical (unpaired) electrons. The Morgan fingerprint density at radius 3 is 2.39 bits per heavy atom. The molecule has 0 aliphatic carbocycles. The number of nitrogens with one attached hydrogen (secondary N) is 1. The predicted octanol–water partition coefficient (Wildman–Crippen LogP) is 6.11. The van der Waals surface area contributed by atoms with Gasteiger partial charge in [0, 0.05) is 17.9 Å². The summed E-state index contributed by atoms with van der Waals surface area (Å²) in [5.41, 5.74) is 5.55. The summed E-state index contributed by atoms with van der Waals surface area (Å²) in [6.45, 7) is 3.96. The molecular weight excluding hydrogens is 492 g/mol. The number of amides is 2. The molecule has 0 spiro atoms. The van der Waals surface area contributed by atoms with Crippen molar-refractivity contribution in [3.8, 4) is 0 Å². The number of nitrogens with zero attached hydrogens (tertiary/aromatic N) is 3. The Bertz CT molecular complexity index is 1370. The summed E-state index contributed by atoms with van der Waals surface area (Å²) < 4.78 is 0. The van der Waals surface area contributed by atoms with Crippen molar-refractivity contribution in [2.45, 2.75) is 38.0 Å². The minimum absolute atomic E-state index is 0.0494. The first kappa shape index (κ1) is 24.3. The zero-order valence-electron chi connectivity index (χ0n) is 19.9. The van der Waals surface area contributed by atoms with Gasteiger partial charge in [0.2, 0.25) is 11.8 Å². The summed E-state index contributed by atoms with van der Waals surface area (Å²) in [4.78, 5) is 27.2. The number of carbonyl (C=O) groups excluding carboxylic acids is 2. The summed E-state index contributed by atoms with van der Waals surface area (Å²) in [7, 11) is 0. The average Bonchev–Trinajstić information content (AvgIpc) is 3.41. The van der Waals surface area contributed by atoms with Crippen LogP contribution < -0.4 is 4.90 Å². The van der Waals surface area contributed by atoms with Gasteiger partial charge in [-0.05, 0) is 54.8 Å². The third-order valence-corrected chi connectivity index (χ3v) is 7.69. The first-order chi connectivity index (χ1) is 17.3. The van der Waals surface area contributed by atoms with E-state index in [1.807, 2.05) is 80.6 Å². The number of amidine groups is 1. The van der Waals surface area contributed by atoms with Gasteiger partial charge < -0.3 is 0 Å². The molecule has 0 saturated carbocycles. The number of imide groups is 1. The molecule has 2 amide bonds. The van der Waals surface area contributed by atoms with Crippen LogP contribution in [0.1, 0.15) is 41.1 Å². The standard InChI is InChI=1S/C28H25ClN4O2S/c1-17-6-8-19(9-7-17)23-15-24(20-10-12-21(29)13-11-20)33(31-23)28(30)36-25-16-26(34)32(27(25)35)22-5-3-4-18(2)14-22/h3-14,24-25,30H,15-16H2,1-2H3/t24-,25+/m0/s1. The van der Waals surface area contributed by atoms with Crippen LogP contribution in [0.15, 0.2) is 77.9 Å². The van der Waals surface area contributed by atoms with Crippen LogP contribution >= 0.6 is 23.4 Å². The maximum Gasteiger partial charge on any atom is 0.247 e. The van der Waals surface area contributed by atoms with Gasteiger partial charge in [-0.2, -0.15) is 5.10 Å². The highest BCUT2D eigenvalue weighted by Crippen LogP contribution is 2.38. The first-order valence-electron chi connectivity index (χ1n) is 11.7. The second-order valence-electron chi connectivity index (χ2n) is 9.05. The topological polar surface area (TPSA) is 76.8 Å². The third kappa shape index (κ3) is 4.81. The van der Waals surface area contributed by atoms with E-state index in [0.29, 0.717) is 17.1 Å². The summed E-state index contributed by atoms with van der Waals surface area (Å²) in [5.74, 6) is -0.555. The van der Waals surface area contributed by atoms with Crippen molar-refractivity contribution in [2.75, 3.05) is 4.90 Å². The van der Waals surface area contributed by atoms with Crippen molar-refractivity contribution in [1.29, 1.82) is 5.41 Å². The fraction of sp³-hybridized carbons (Fsp3) is 0.214. The summed E-state index contributed by atoms with van der Waals surface area (Å²) >= 11 is 7.20. The van der Waals surface area contributed by atoms with E-state index >= 15 is 0 Å². The van der Waals surface area contributed by atoms with Gasteiger partial charge in [0.15, 0.2) is 5.17 Å². The second-order valence-corrected chi connectivity index (χ2v) is 10.7. The van der Waals surface area contributed by atoms with E-state index in [9.17, 15) is 9.59 Å². The fourth-order valence-electron chi connectivity index (χ4n) is 4.49. The van der Waals surface area contributed by atoms with Crippen molar-refractivity contribution in [2.24, 2.45) is 5.10 Å². The second kappa shape index (κ2) is 9.91. The molecule has 0 aromatic heterocycles. The van der Waals surface area contributed by atoms with Crippen molar-refractivity contribution in [3.63, 3.8) is 0 Å². The summed E-state index contributed by atoms with van der Waals surface area (Å²) in [6.07, 6.45) is 0.661. The lowest BCUT2D eigenvalue weighted by molar-refractivity contribution is -0.121. The van der Waals surface area contributed by atoms with E-state index < -0.39 is 5.25 Å². The van der Waals surface area contributed by atoms with Crippen LogP contribution in [-0.4, -0.2) is 33.0 Å². The molecule has 1 N–H and O–H groups in total. The van der Waals surface area contributed by atoms with Crippen LogP contribution in [0.3, 0.4) is 0 Å².